The Morgan fingerprint density at radius 1 is 1.18 bits per heavy atom. The second-order valence-electron chi connectivity index (χ2n) is 3.30. The molecule has 0 aromatic heterocycles. The quantitative estimate of drug-likeness (QED) is 0.496. The Hall–Kier alpha value is 0.220. The zero-order valence-corrected chi connectivity index (χ0v) is 8.65. The Bertz CT molecular complexity index is 112. The molecule has 11 heavy (non-hydrogen) atoms. The molecule has 0 spiro atoms. The minimum atomic E-state index is 0.905. The van der Waals surface area contributed by atoms with Crippen LogP contribution < -0.4 is 0 Å². The van der Waals surface area contributed by atoms with Crippen LogP contribution in [-0.2, 0) is 0 Å². The molecule has 0 aromatic rings. The molecule has 1 fully saturated rings. The zero-order chi connectivity index (χ0) is 7.94. The Kier molecular flexibility index (Phi) is 4.92. The lowest BCUT2D eigenvalue weighted by atomic mass is 9.89. The van der Waals surface area contributed by atoms with Crippen LogP contribution in [0.3, 0.4) is 0 Å². The summed E-state index contributed by atoms with van der Waals surface area (Å²) in [5, 5.41) is 1.11. The van der Waals surface area contributed by atoms with Crippen LogP contribution in [0.4, 0.5) is 0 Å². The number of hydrogen-bond acceptors (Lipinski definition) is 0. The summed E-state index contributed by atoms with van der Waals surface area (Å²) < 4.78 is 0. The van der Waals surface area contributed by atoms with E-state index in [1.165, 1.54) is 38.5 Å². The summed E-state index contributed by atoms with van der Waals surface area (Å²) in [6.07, 6.45) is 13.1. The molecule has 0 aliphatic heterocycles. The molecular formula is C10H17Br. The molecule has 1 rings (SSSR count). The van der Waals surface area contributed by atoms with Gasteiger partial charge in [0.05, 0.1) is 0 Å². The smallest absolute Gasteiger partial charge is 0.00659 e. The summed E-state index contributed by atoms with van der Waals surface area (Å²) in [5.74, 6) is 0.905. The Morgan fingerprint density at radius 2 is 1.91 bits per heavy atom. The first-order valence-electron chi connectivity index (χ1n) is 4.66. The lowest BCUT2D eigenvalue weighted by Crippen LogP contribution is -2.02. The predicted molar refractivity (Wildman–Crippen MR) is 54.1 cm³/mol. The molecule has 1 saturated carbocycles. The highest BCUT2D eigenvalue weighted by Crippen LogP contribution is 2.24. The molecular weight excluding hydrogens is 200 g/mol. The van der Waals surface area contributed by atoms with Crippen molar-refractivity contribution in [1.82, 2.24) is 0 Å². The van der Waals surface area contributed by atoms with Crippen molar-refractivity contribution >= 4 is 15.9 Å². The van der Waals surface area contributed by atoms with Crippen LogP contribution in [0.25, 0.3) is 0 Å². The minimum Gasteiger partial charge on any atom is -0.0925 e. The van der Waals surface area contributed by atoms with Gasteiger partial charge < -0.3 is 0 Å². The highest BCUT2D eigenvalue weighted by molar-refractivity contribution is 9.09. The number of allylic oxidation sites excluding steroid dienone is 2. The molecule has 1 aliphatic carbocycles. The van der Waals surface area contributed by atoms with Gasteiger partial charge >= 0.3 is 0 Å². The fourth-order valence-electron chi connectivity index (χ4n) is 1.68. The SMILES string of the molecule is BrCC/C=C\C1CCCCC1. The highest BCUT2D eigenvalue weighted by atomic mass is 79.9. The average Bonchev–Trinajstić information content (AvgIpc) is 2.07. The lowest BCUT2D eigenvalue weighted by Gasteiger charge is -2.17. The van der Waals surface area contributed by atoms with Crippen molar-refractivity contribution in [3.63, 3.8) is 0 Å². The average molecular weight is 217 g/mol. The zero-order valence-electron chi connectivity index (χ0n) is 7.06. The number of halogens is 1. The van der Waals surface area contributed by atoms with E-state index in [0.717, 1.165) is 11.2 Å². The van der Waals surface area contributed by atoms with Crippen LogP contribution in [0.2, 0.25) is 0 Å². The standard InChI is InChI=1S/C10H17Br/c11-9-5-4-8-10-6-2-1-3-7-10/h4,8,10H,1-3,5-7,9H2/b8-4-. The Balaban J connectivity index is 2.13. The van der Waals surface area contributed by atoms with Gasteiger partial charge in [-0.05, 0) is 25.2 Å². The molecule has 0 nitrogen and oxygen atoms in total. The fraction of sp³-hybridized carbons (Fsp3) is 0.800. The van der Waals surface area contributed by atoms with Gasteiger partial charge in [0.15, 0.2) is 0 Å². The van der Waals surface area contributed by atoms with Gasteiger partial charge in [-0.3, -0.25) is 0 Å². The van der Waals surface area contributed by atoms with E-state index in [1.54, 1.807) is 0 Å². The molecule has 1 heteroatoms. The van der Waals surface area contributed by atoms with E-state index >= 15 is 0 Å². The molecule has 64 valence electrons. The molecule has 0 aromatic carbocycles. The van der Waals surface area contributed by atoms with Crippen LogP contribution >= 0.6 is 15.9 Å². The Labute approximate surface area is 78.2 Å². The monoisotopic (exact) mass is 216 g/mol. The van der Waals surface area contributed by atoms with E-state index in [1.807, 2.05) is 0 Å². The van der Waals surface area contributed by atoms with Gasteiger partial charge in [0.25, 0.3) is 0 Å². The van der Waals surface area contributed by atoms with Crippen molar-refractivity contribution in [2.75, 3.05) is 5.33 Å². The summed E-state index contributed by atoms with van der Waals surface area (Å²) in [5.41, 5.74) is 0. The van der Waals surface area contributed by atoms with Gasteiger partial charge in [-0.25, -0.2) is 0 Å². The van der Waals surface area contributed by atoms with Crippen molar-refractivity contribution in [1.29, 1.82) is 0 Å². The summed E-state index contributed by atoms with van der Waals surface area (Å²) in [4.78, 5) is 0. The van der Waals surface area contributed by atoms with Crippen LogP contribution in [0.5, 0.6) is 0 Å². The maximum atomic E-state index is 3.42. The van der Waals surface area contributed by atoms with Gasteiger partial charge in [-0.1, -0.05) is 47.3 Å². The van der Waals surface area contributed by atoms with Crippen molar-refractivity contribution in [2.24, 2.45) is 5.92 Å². The Morgan fingerprint density at radius 3 is 2.55 bits per heavy atom. The van der Waals surface area contributed by atoms with Crippen LogP contribution in [-0.4, -0.2) is 5.33 Å². The summed E-state index contributed by atoms with van der Waals surface area (Å²) >= 11 is 3.42. The highest BCUT2D eigenvalue weighted by Gasteiger charge is 2.08. The molecule has 0 saturated heterocycles. The molecule has 0 bridgehead atoms. The predicted octanol–water partition coefficient (Wildman–Crippen LogP) is 3.91. The van der Waals surface area contributed by atoms with E-state index in [2.05, 4.69) is 28.1 Å². The molecule has 1 aliphatic rings. The van der Waals surface area contributed by atoms with Gasteiger partial charge in [-0.2, -0.15) is 0 Å². The number of hydrogen-bond donors (Lipinski definition) is 0. The van der Waals surface area contributed by atoms with E-state index in [0.29, 0.717) is 0 Å². The van der Waals surface area contributed by atoms with Crippen molar-refractivity contribution in [2.45, 2.75) is 38.5 Å². The summed E-state index contributed by atoms with van der Waals surface area (Å²) in [6, 6.07) is 0. The summed E-state index contributed by atoms with van der Waals surface area (Å²) in [6.45, 7) is 0. The van der Waals surface area contributed by atoms with Gasteiger partial charge in [0.1, 0.15) is 0 Å². The molecule has 0 heterocycles. The second kappa shape index (κ2) is 5.82. The molecule has 0 atom stereocenters. The van der Waals surface area contributed by atoms with Crippen molar-refractivity contribution < 1.29 is 0 Å². The third kappa shape index (κ3) is 3.95. The first kappa shape index (κ1) is 9.31. The first-order valence-corrected chi connectivity index (χ1v) is 5.78. The van der Waals surface area contributed by atoms with Crippen molar-refractivity contribution in [3.05, 3.63) is 12.2 Å². The van der Waals surface area contributed by atoms with E-state index < -0.39 is 0 Å². The second-order valence-corrected chi connectivity index (χ2v) is 4.10. The van der Waals surface area contributed by atoms with E-state index in [-0.39, 0.29) is 0 Å². The van der Waals surface area contributed by atoms with Crippen molar-refractivity contribution in [3.8, 4) is 0 Å². The van der Waals surface area contributed by atoms with Gasteiger partial charge in [0, 0.05) is 5.33 Å². The lowest BCUT2D eigenvalue weighted by molar-refractivity contribution is 0.419. The topological polar surface area (TPSA) is 0 Å². The fourth-order valence-corrected chi connectivity index (χ4v) is 1.94. The number of alkyl halides is 1. The largest absolute Gasteiger partial charge is 0.0925 e. The third-order valence-electron chi connectivity index (χ3n) is 2.33. The maximum Gasteiger partial charge on any atom is 0.00659 e. The maximum absolute atomic E-state index is 3.42. The van der Waals surface area contributed by atoms with Crippen LogP contribution in [0, 0.1) is 5.92 Å². The summed E-state index contributed by atoms with van der Waals surface area (Å²) in [7, 11) is 0. The minimum absolute atomic E-state index is 0.905. The molecule has 0 unspecified atom stereocenters. The van der Waals surface area contributed by atoms with Gasteiger partial charge in [0.2, 0.25) is 0 Å². The normalized spacial score (nSPS) is 21.2. The number of rotatable bonds is 3. The molecule has 0 amide bonds. The molecule has 0 N–H and O–H groups in total. The van der Waals surface area contributed by atoms with Gasteiger partial charge in [-0.15, -0.1) is 0 Å². The van der Waals surface area contributed by atoms with Crippen LogP contribution in [0.15, 0.2) is 12.2 Å². The van der Waals surface area contributed by atoms with Crippen LogP contribution in [0.1, 0.15) is 38.5 Å². The third-order valence-corrected chi connectivity index (χ3v) is 2.79. The van der Waals surface area contributed by atoms with E-state index in [4.69, 9.17) is 0 Å². The first-order chi connectivity index (χ1) is 5.43. The van der Waals surface area contributed by atoms with E-state index in [9.17, 15) is 0 Å². The molecule has 0 radical (unpaired) electrons.